The number of nitrogens with zero attached hydrogens (tertiary/aromatic N) is 3. The highest BCUT2D eigenvalue weighted by molar-refractivity contribution is 6.05. The summed E-state index contributed by atoms with van der Waals surface area (Å²) in [5.74, 6) is -0.308. The number of nitrogens with one attached hydrogen (secondary N) is 2. The molecule has 2 N–H and O–H groups in total. The quantitative estimate of drug-likeness (QED) is 0.718. The van der Waals surface area contributed by atoms with Crippen molar-refractivity contribution in [3.05, 3.63) is 77.6 Å². The van der Waals surface area contributed by atoms with Gasteiger partial charge in [0, 0.05) is 18.4 Å². The van der Waals surface area contributed by atoms with E-state index in [0.717, 1.165) is 30.7 Å². The monoisotopic (exact) mass is 375 g/mol. The molecular weight excluding hydrogens is 354 g/mol. The predicted molar refractivity (Wildman–Crippen MR) is 105 cm³/mol. The van der Waals surface area contributed by atoms with E-state index in [0.29, 0.717) is 24.5 Å². The molecule has 7 nitrogen and oxygen atoms in total. The number of hydrogen-bond donors (Lipinski definition) is 2. The number of hydrogen-bond acceptors (Lipinski definition) is 4. The number of fused-ring (bicyclic) bond motifs is 1. The van der Waals surface area contributed by atoms with Crippen molar-refractivity contribution in [2.75, 3.05) is 5.32 Å². The molecule has 0 radical (unpaired) electrons. The molecule has 0 spiro atoms. The molecule has 1 aliphatic rings. The summed E-state index contributed by atoms with van der Waals surface area (Å²) >= 11 is 0. The van der Waals surface area contributed by atoms with Gasteiger partial charge in [-0.25, -0.2) is 4.98 Å². The van der Waals surface area contributed by atoms with Gasteiger partial charge in [-0.1, -0.05) is 24.3 Å². The first kappa shape index (κ1) is 17.9. The summed E-state index contributed by atoms with van der Waals surface area (Å²) in [6.07, 6.45) is 4.36. The van der Waals surface area contributed by atoms with Gasteiger partial charge in [-0.3, -0.25) is 14.6 Å². The van der Waals surface area contributed by atoms with Crippen LogP contribution in [0.2, 0.25) is 0 Å². The Labute approximate surface area is 162 Å². The van der Waals surface area contributed by atoms with Crippen molar-refractivity contribution in [1.29, 1.82) is 0 Å². The first-order valence-electron chi connectivity index (χ1n) is 9.36. The lowest BCUT2D eigenvalue weighted by Crippen LogP contribution is -2.27. The van der Waals surface area contributed by atoms with Gasteiger partial charge in [0.15, 0.2) is 11.5 Å². The Bertz CT molecular complexity index is 983. The van der Waals surface area contributed by atoms with Gasteiger partial charge in [0.05, 0.1) is 17.9 Å². The average Bonchev–Trinajstić information content (AvgIpc) is 3.13. The van der Waals surface area contributed by atoms with Crippen LogP contribution in [0.15, 0.2) is 54.7 Å². The second kappa shape index (κ2) is 8.04. The Balaban J connectivity index is 1.56. The number of amides is 2. The molecule has 1 aromatic carbocycles. The van der Waals surface area contributed by atoms with E-state index in [2.05, 4.69) is 20.6 Å². The van der Waals surface area contributed by atoms with Crippen LogP contribution >= 0.6 is 0 Å². The number of anilines is 1. The van der Waals surface area contributed by atoms with Gasteiger partial charge in [0.2, 0.25) is 0 Å². The SMILES string of the molecule is O=C(Nc1ccccc1)c1nc(C(=O)NCc2ccccn2)n2c1CCCC2. The third-order valence-electron chi connectivity index (χ3n) is 4.72. The molecule has 0 bridgehead atoms. The molecule has 142 valence electrons. The average molecular weight is 375 g/mol. The molecule has 0 saturated heterocycles. The van der Waals surface area contributed by atoms with E-state index in [1.54, 1.807) is 6.20 Å². The molecule has 2 amide bonds. The van der Waals surface area contributed by atoms with E-state index >= 15 is 0 Å². The lowest BCUT2D eigenvalue weighted by atomic mass is 10.1. The molecular formula is C21H21N5O2. The van der Waals surface area contributed by atoms with Crippen molar-refractivity contribution in [2.45, 2.75) is 32.4 Å². The van der Waals surface area contributed by atoms with Crippen molar-refractivity contribution >= 4 is 17.5 Å². The van der Waals surface area contributed by atoms with Crippen LogP contribution < -0.4 is 10.6 Å². The summed E-state index contributed by atoms with van der Waals surface area (Å²) < 4.78 is 1.87. The molecule has 0 fully saturated rings. The molecule has 0 unspecified atom stereocenters. The minimum absolute atomic E-state index is 0.281. The molecule has 4 rings (SSSR count). The summed E-state index contributed by atoms with van der Waals surface area (Å²) in [6.45, 7) is 1.00. The van der Waals surface area contributed by atoms with Crippen molar-refractivity contribution in [1.82, 2.24) is 19.9 Å². The highest BCUT2D eigenvalue weighted by Crippen LogP contribution is 2.22. The van der Waals surface area contributed by atoms with Gasteiger partial charge in [-0.15, -0.1) is 0 Å². The summed E-state index contributed by atoms with van der Waals surface area (Å²) in [5, 5.41) is 5.71. The van der Waals surface area contributed by atoms with Crippen LogP contribution in [-0.2, 0) is 19.5 Å². The molecule has 28 heavy (non-hydrogen) atoms. The van der Waals surface area contributed by atoms with E-state index in [9.17, 15) is 9.59 Å². The number of carbonyl (C=O) groups excluding carboxylic acids is 2. The molecule has 7 heteroatoms. The van der Waals surface area contributed by atoms with Crippen molar-refractivity contribution < 1.29 is 9.59 Å². The number of imidazole rings is 1. The predicted octanol–water partition coefficient (Wildman–Crippen LogP) is 2.80. The maximum atomic E-state index is 12.8. The Morgan fingerprint density at radius 3 is 2.61 bits per heavy atom. The molecule has 3 aromatic rings. The highest BCUT2D eigenvalue weighted by atomic mass is 16.2. The third kappa shape index (κ3) is 3.78. The fourth-order valence-corrected chi connectivity index (χ4v) is 3.36. The van der Waals surface area contributed by atoms with Crippen LogP contribution in [0.4, 0.5) is 5.69 Å². The topological polar surface area (TPSA) is 88.9 Å². The van der Waals surface area contributed by atoms with Crippen LogP contribution in [-0.4, -0.2) is 26.3 Å². The van der Waals surface area contributed by atoms with E-state index in [1.165, 1.54) is 0 Å². The van der Waals surface area contributed by atoms with Crippen LogP contribution in [0.5, 0.6) is 0 Å². The summed E-state index contributed by atoms with van der Waals surface area (Å²) in [5.41, 5.74) is 2.61. The minimum atomic E-state index is -0.299. The van der Waals surface area contributed by atoms with E-state index in [-0.39, 0.29) is 17.6 Å². The van der Waals surface area contributed by atoms with Crippen LogP contribution in [0.3, 0.4) is 0 Å². The zero-order chi connectivity index (χ0) is 19.3. The Hall–Kier alpha value is -3.48. The Morgan fingerprint density at radius 2 is 1.82 bits per heavy atom. The second-order valence-corrected chi connectivity index (χ2v) is 6.66. The zero-order valence-corrected chi connectivity index (χ0v) is 15.4. The van der Waals surface area contributed by atoms with Crippen molar-refractivity contribution in [2.24, 2.45) is 0 Å². The number of para-hydroxylation sites is 1. The van der Waals surface area contributed by atoms with Gasteiger partial charge in [-0.05, 0) is 43.5 Å². The van der Waals surface area contributed by atoms with Gasteiger partial charge >= 0.3 is 0 Å². The van der Waals surface area contributed by atoms with Crippen molar-refractivity contribution in [3.63, 3.8) is 0 Å². The lowest BCUT2D eigenvalue weighted by molar-refractivity contribution is 0.0934. The minimum Gasteiger partial charge on any atom is -0.344 e. The van der Waals surface area contributed by atoms with Gasteiger partial charge < -0.3 is 15.2 Å². The number of carbonyl (C=O) groups is 2. The van der Waals surface area contributed by atoms with E-state index < -0.39 is 0 Å². The Kier molecular flexibility index (Phi) is 5.14. The van der Waals surface area contributed by atoms with Crippen LogP contribution in [0.25, 0.3) is 0 Å². The lowest BCUT2D eigenvalue weighted by Gasteiger charge is -2.17. The number of benzene rings is 1. The largest absolute Gasteiger partial charge is 0.344 e. The number of aromatic nitrogens is 3. The number of pyridine rings is 1. The molecule has 1 aliphatic heterocycles. The maximum Gasteiger partial charge on any atom is 0.287 e. The van der Waals surface area contributed by atoms with E-state index in [1.807, 2.05) is 53.1 Å². The fourth-order valence-electron chi connectivity index (χ4n) is 3.36. The fraction of sp³-hybridized carbons (Fsp3) is 0.238. The molecule has 0 atom stereocenters. The first-order chi connectivity index (χ1) is 13.7. The first-order valence-corrected chi connectivity index (χ1v) is 9.36. The maximum absolute atomic E-state index is 12.8. The third-order valence-corrected chi connectivity index (χ3v) is 4.72. The molecule has 3 heterocycles. The van der Waals surface area contributed by atoms with Gasteiger partial charge in [-0.2, -0.15) is 0 Å². The van der Waals surface area contributed by atoms with E-state index in [4.69, 9.17) is 0 Å². The molecule has 0 saturated carbocycles. The number of rotatable bonds is 5. The normalized spacial score (nSPS) is 12.9. The van der Waals surface area contributed by atoms with Crippen LogP contribution in [0, 0.1) is 0 Å². The standard InChI is InChI=1S/C21H21N5O2/c27-20(24-15-8-2-1-3-9-15)18-17-11-5-7-13-26(17)19(25-18)21(28)23-14-16-10-4-6-12-22-16/h1-4,6,8-10,12H,5,7,11,13-14H2,(H,23,28)(H,24,27). The van der Waals surface area contributed by atoms with Crippen LogP contribution in [0.1, 0.15) is 45.3 Å². The zero-order valence-electron chi connectivity index (χ0n) is 15.4. The van der Waals surface area contributed by atoms with Gasteiger partial charge in [0.25, 0.3) is 11.8 Å². The summed E-state index contributed by atoms with van der Waals surface area (Å²) in [7, 11) is 0. The van der Waals surface area contributed by atoms with Gasteiger partial charge in [0.1, 0.15) is 0 Å². The molecule has 2 aromatic heterocycles. The second-order valence-electron chi connectivity index (χ2n) is 6.66. The molecule has 0 aliphatic carbocycles. The Morgan fingerprint density at radius 1 is 1.00 bits per heavy atom. The summed E-state index contributed by atoms with van der Waals surface area (Å²) in [4.78, 5) is 34.1. The smallest absolute Gasteiger partial charge is 0.287 e. The van der Waals surface area contributed by atoms with Crippen molar-refractivity contribution in [3.8, 4) is 0 Å². The summed E-state index contributed by atoms with van der Waals surface area (Å²) in [6, 6.07) is 14.8. The highest BCUT2D eigenvalue weighted by Gasteiger charge is 2.27.